The van der Waals surface area contributed by atoms with Crippen molar-refractivity contribution >= 4 is 18.3 Å². The smallest absolute Gasteiger partial charge is 0.290 e. The molecule has 0 aromatic carbocycles. The monoisotopic (exact) mass is 402 g/mol. The highest BCUT2D eigenvalue weighted by Gasteiger charge is 2.01. The van der Waals surface area contributed by atoms with Gasteiger partial charge in [0.05, 0.1) is 0 Å². The lowest BCUT2D eigenvalue weighted by atomic mass is 10.2. The van der Waals surface area contributed by atoms with Crippen molar-refractivity contribution in [1.29, 1.82) is 0 Å². The van der Waals surface area contributed by atoms with Gasteiger partial charge in [0, 0.05) is 39.7 Å². The van der Waals surface area contributed by atoms with Gasteiger partial charge in [-0.25, -0.2) is 0 Å². The number of unbranched alkanes of at least 4 members (excludes halogenated alkanes) is 1. The highest BCUT2D eigenvalue weighted by molar-refractivity contribution is 5.95. The van der Waals surface area contributed by atoms with Gasteiger partial charge in [0.2, 0.25) is 5.91 Å². The summed E-state index contributed by atoms with van der Waals surface area (Å²) in [4.78, 5) is 32.0. The summed E-state index contributed by atoms with van der Waals surface area (Å²) in [7, 11) is 4.55. The van der Waals surface area contributed by atoms with Crippen LogP contribution in [0.2, 0.25) is 0 Å². The molecule has 0 saturated carbocycles. The molecule has 0 aromatic heterocycles. The van der Waals surface area contributed by atoms with Gasteiger partial charge in [-0.05, 0) is 33.6 Å². The van der Waals surface area contributed by atoms with E-state index in [9.17, 15) is 9.59 Å². The van der Waals surface area contributed by atoms with E-state index in [4.69, 9.17) is 15.0 Å². The lowest BCUT2D eigenvalue weighted by Crippen LogP contribution is -2.23. The zero-order valence-electron chi connectivity index (χ0n) is 19.0. The summed E-state index contributed by atoms with van der Waals surface area (Å²) in [6.07, 6.45) is 9.77. The van der Waals surface area contributed by atoms with E-state index in [-0.39, 0.29) is 18.3 Å². The van der Waals surface area contributed by atoms with Crippen LogP contribution in [0.15, 0.2) is 36.5 Å². The number of hydrogen-bond donors (Lipinski definition) is 3. The average Bonchev–Trinajstić information content (AvgIpc) is 2.70. The molecule has 3 N–H and O–H groups in total. The molecule has 2 amide bonds. The molecule has 7 nitrogen and oxygen atoms in total. The van der Waals surface area contributed by atoms with Crippen molar-refractivity contribution in [3.05, 3.63) is 36.5 Å². The Balaban J connectivity index is -0.0000000955. The van der Waals surface area contributed by atoms with E-state index in [0.29, 0.717) is 18.5 Å². The predicted octanol–water partition coefficient (Wildman–Crippen LogP) is 3.41. The number of carbonyl (C=O) groups is 3. The summed E-state index contributed by atoms with van der Waals surface area (Å²) in [6.45, 7) is 13.6. The molecular formula is C21H42N2O5. The van der Waals surface area contributed by atoms with E-state index in [1.54, 1.807) is 31.1 Å². The minimum absolute atomic E-state index is 0.00639. The summed E-state index contributed by atoms with van der Waals surface area (Å²) in [6, 6.07) is 0. The molecule has 0 aromatic rings. The Kier molecular flexibility index (Phi) is 46.5. The second-order valence-electron chi connectivity index (χ2n) is 4.68. The molecule has 28 heavy (non-hydrogen) atoms. The number of carboxylic acid groups (broad SMARTS) is 1. The van der Waals surface area contributed by atoms with E-state index in [0.717, 1.165) is 20.0 Å². The van der Waals surface area contributed by atoms with Crippen molar-refractivity contribution in [2.45, 2.75) is 53.9 Å². The SMILES string of the molecule is C/C=C\C(=C/C)C(=O)NCC.C=CCCCC(=O)N(C)C.CC.CO.O=CO. The van der Waals surface area contributed by atoms with Crippen molar-refractivity contribution < 1.29 is 24.6 Å². The average molecular weight is 403 g/mol. The Labute approximate surface area is 171 Å². The lowest BCUT2D eigenvalue weighted by molar-refractivity contribution is -0.128. The number of aliphatic hydroxyl groups excluding tert-OH is 1. The first-order valence-corrected chi connectivity index (χ1v) is 9.26. The zero-order valence-corrected chi connectivity index (χ0v) is 19.0. The van der Waals surface area contributed by atoms with Gasteiger partial charge in [-0.15, -0.1) is 6.58 Å². The maximum absolute atomic E-state index is 11.1. The summed E-state index contributed by atoms with van der Waals surface area (Å²) in [5, 5.41) is 16.6. The summed E-state index contributed by atoms with van der Waals surface area (Å²) < 4.78 is 0. The number of hydrogen-bond acceptors (Lipinski definition) is 4. The van der Waals surface area contributed by atoms with Gasteiger partial charge in [-0.1, -0.05) is 38.2 Å². The van der Waals surface area contributed by atoms with E-state index in [2.05, 4.69) is 11.9 Å². The Morgan fingerprint density at radius 2 is 1.61 bits per heavy atom. The molecule has 166 valence electrons. The summed E-state index contributed by atoms with van der Waals surface area (Å²) in [5.41, 5.74) is 0.717. The molecule has 0 bridgehead atoms. The normalized spacial score (nSPS) is 8.82. The highest BCUT2D eigenvalue weighted by atomic mass is 16.3. The van der Waals surface area contributed by atoms with E-state index in [1.165, 1.54) is 0 Å². The van der Waals surface area contributed by atoms with Crippen molar-refractivity contribution in [2.24, 2.45) is 0 Å². The molecule has 0 radical (unpaired) electrons. The van der Waals surface area contributed by atoms with Gasteiger partial charge in [0.1, 0.15) is 0 Å². The fourth-order valence-electron chi connectivity index (χ4n) is 1.37. The van der Waals surface area contributed by atoms with Crippen LogP contribution in [0.25, 0.3) is 0 Å². The predicted molar refractivity (Wildman–Crippen MR) is 118 cm³/mol. The molecule has 0 atom stereocenters. The number of aliphatic hydroxyl groups is 1. The quantitative estimate of drug-likeness (QED) is 0.199. The number of nitrogens with one attached hydrogen (secondary N) is 1. The van der Waals surface area contributed by atoms with Crippen LogP contribution in [0.4, 0.5) is 0 Å². The first-order chi connectivity index (χ1) is 13.4. The number of likely N-dealkylation sites (N-methyl/N-ethyl adjacent to an activating group) is 1. The number of allylic oxidation sites excluding steroid dienone is 3. The highest BCUT2D eigenvalue weighted by Crippen LogP contribution is 1.97. The number of nitrogens with zero attached hydrogens (tertiary/aromatic N) is 1. The van der Waals surface area contributed by atoms with E-state index < -0.39 is 0 Å². The molecule has 0 aliphatic carbocycles. The molecule has 0 unspecified atom stereocenters. The molecule has 0 aliphatic heterocycles. The molecule has 0 spiro atoms. The van der Waals surface area contributed by atoms with Gasteiger partial charge in [0.15, 0.2) is 0 Å². The maximum atomic E-state index is 11.1. The second kappa shape index (κ2) is 35.7. The molecule has 0 aliphatic rings. The van der Waals surface area contributed by atoms with Gasteiger partial charge in [0.25, 0.3) is 12.4 Å². The van der Waals surface area contributed by atoms with Crippen LogP contribution < -0.4 is 5.32 Å². The van der Waals surface area contributed by atoms with E-state index in [1.807, 2.05) is 46.8 Å². The Bertz CT molecular complexity index is 417. The Morgan fingerprint density at radius 3 is 1.89 bits per heavy atom. The summed E-state index contributed by atoms with van der Waals surface area (Å²) >= 11 is 0. The number of amides is 2. The fraction of sp³-hybridized carbons (Fsp3) is 0.571. The van der Waals surface area contributed by atoms with Crippen LogP contribution in [-0.2, 0) is 14.4 Å². The Morgan fingerprint density at radius 1 is 1.14 bits per heavy atom. The largest absolute Gasteiger partial charge is 0.483 e. The van der Waals surface area contributed by atoms with Crippen LogP contribution in [0, 0.1) is 0 Å². The number of rotatable bonds is 7. The van der Waals surface area contributed by atoms with Crippen molar-refractivity contribution in [3.8, 4) is 0 Å². The zero-order chi connectivity index (χ0) is 23.4. The van der Waals surface area contributed by atoms with Crippen LogP contribution in [0.5, 0.6) is 0 Å². The third-order valence-electron chi connectivity index (χ3n) is 2.55. The first-order valence-electron chi connectivity index (χ1n) is 9.26. The molecule has 0 heterocycles. The molecule has 0 fully saturated rings. The Hall–Kier alpha value is -2.41. The van der Waals surface area contributed by atoms with E-state index >= 15 is 0 Å². The van der Waals surface area contributed by atoms with Gasteiger partial charge < -0.3 is 20.4 Å². The third kappa shape index (κ3) is 34.8. The topological polar surface area (TPSA) is 107 Å². The lowest BCUT2D eigenvalue weighted by Gasteiger charge is -2.08. The van der Waals surface area contributed by atoms with Crippen molar-refractivity contribution in [1.82, 2.24) is 10.2 Å². The first kappa shape index (κ1) is 36.5. The standard InChI is InChI=1S/C9H15NO.C8H15NO.C2H6.CH2O2.CH4O/c1-4-7-8(5-2)9(11)10-6-3;1-4-5-6-7-8(10)9(2)3;1-2;2-1-3;1-2/h4-5,7H,6H2,1-3H3,(H,10,11);4H,1,5-7H2,2-3H3;1-2H3;1H,(H,2,3);2H,1H3/b7-4-,8-5+;;;;. The van der Waals surface area contributed by atoms with Gasteiger partial charge in [-0.2, -0.15) is 0 Å². The molecule has 7 heteroatoms. The maximum Gasteiger partial charge on any atom is 0.290 e. The van der Waals surface area contributed by atoms with Crippen molar-refractivity contribution in [3.63, 3.8) is 0 Å². The number of carbonyl (C=O) groups excluding carboxylic acids is 2. The van der Waals surface area contributed by atoms with Crippen LogP contribution in [0.3, 0.4) is 0 Å². The minimum atomic E-state index is -0.250. The molecule has 0 rings (SSSR count). The van der Waals surface area contributed by atoms with Crippen LogP contribution in [-0.4, -0.2) is 61.1 Å². The van der Waals surface area contributed by atoms with Crippen LogP contribution in [0.1, 0.15) is 53.9 Å². The third-order valence-corrected chi connectivity index (χ3v) is 2.55. The molecular weight excluding hydrogens is 360 g/mol. The summed E-state index contributed by atoms with van der Waals surface area (Å²) in [5.74, 6) is 0.190. The fourth-order valence-corrected chi connectivity index (χ4v) is 1.37. The second-order valence-corrected chi connectivity index (χ2v) is 4.68. The van der Waals surface area contributed by atoms with Gasteiger partial charge in [-0.3, -0.25) is 14.4 Å². The molecule has 0 saturated heterocycles. The minimum Gasteiger partial charge on any atom is -0.483 e. The van der Waals surface area contributed by atoms with Gasteiger partial charge >= 0.3 is 0 Å². The van der Waals surface area contributed by atoms with Crippen LogP contribution >= 0.6 is 0 Å². The van der Waals surface area contributed by atoms with Crippen molar-refractivity contribution in [2.75, 3.05) is 27.7 Å².